The van der Waals surface area contributed by atoms with Crippen molar-refractivity contribution >= 4 is 11.7 Å². The van der Waals surface area contributed by atoms with E-state index in [1.807, 2.05) is 24.3 Å². The Kier molecular flexibility index (Phi) is 4.94. The van der Waals surface area contributed by atoms with E-state index in [4.69, 9.17) is 4.74 Å². The lowest BCUT2D eigenvalue weighted by Crippen LogP contribution is -2.65. The van der Waals surface area contributed by atoms with Crippen molar-refractivity contribution < 1.29 is 14.6 Å². The first kappa shape index (κ1) is 21.8. The molecule has 0 unspecified atom stereocenters. The molecule has 0 heterocycles. The molecule has 2 bridgehead atoms. The average molecular weight is 439 g/mol. The Balaban J connectivity index is 1.35. The van der Waals surface area contributed by atoms with Gasteiger partial charge in [0.15, 0.2) is 0 Å². The number of nitrogens with one attached hydrogen (secondary N) is 2. The molecule has 174 valence electrons. The van der Waals surface area contributed by atoms with Crippen LogP contribution in [-0.2, 0) is 0 Å². The number of carbonyl (C=O) groups excluding carboxylic acids is 1. The van der Waals surface area contributed by atoms with Crippen molar-refractivity contribution in [3.8, 4) is 5.75 Å². The average Bonchev–Trinajstić information content (AvgIpc) is 2.91. The third-order valence-electron chi connectivity index (χ3n) is 9.90. The highest BCUT2D eigenvalue weighted by Gasteiger charge is 2.66. The van der Waals surface area contributed by atoms with E-state index in [-0.39, 0.29) is 22.4 Å². The first-order chi connectivity index (χ1) is 15.1. The van der Waals surface area contributed by atoms with E-state index >= 15 is 0 Å². The number of amides is 2. The van der Waals surface area contributed by atoms with Crippen LogP contribution in [0.1, 0.15) is 71.6 Å². The van der Waals surface area contributed by atoms with Crippen molar-refractivity contribution in [2.75, 3.05) is 12.4 Å². The molecule has 1 spiro atoms. The predicted octanol–water partition coefficient (Wildman–Crippen LogP) is 5.65. The van der Waals surface area contributed by atoms with Crippen LogP contribution in [0.25, 0.3) is 0 Å². The zero-order chi connectivity index (χ0) is 22.8. The number of aliphatic hydroxyl groups is 1. The van der Waals surface area contributed by atoms with Gasteiger partial charge in [-0.05, 0) is 111 Å². The molecule has 32 heavy (non-hydrogen) atoms. The number of hydrogen-bond donors (Lipinski definition) is 3. The van der Waals surface area contributed by atoms with Crippen LogP contribution in [0.3, 0.4) is 0 Å². The number of carbonyl (C=O) groups is 1. The summed E-state index contributed by atoms with van der Waals surface area (Å²) < 4.78 is 5.21. The van der Waals surface area contributed by atoms with Gasteiger partial charge < -0.3 is 20.5 Å². The molecule has 6 atom stereocenters. The molecule has 0 aliphatic heterocycles. The number of benzene rings is 1. The van der Waals surface area contributed by atoms with Gasteiger partial charge in [-0.2, -0.15) is 0 Å². The Hall–Kier alpha value is -2.01. The number of ether oxygens (including phenoxy) is 1. The van der Waals surface area contributed by atoms with E-state index in [1.54, 1.807) is 7.11 Å². The number of urea groups is 1. The van der Waals surface area contributed by atoms with Crippen LogP contribution in [0.15, 0.2) is 36.4 Å². The lowest BCUT2D eigenvalue weighted by Gasteiger charge is -2.64. The molecule has 1 aromatic carbocycles. The monoisotopic (exact) mass is 438 g/mol. The predicted molar refractivity (Wildman–Crippen MR) is 127 cm³/mol. The van der Waals surface area contributed by atoms with E-state index in [0.717, 1.165) is 68.4 Å². The first-order valence-corrected chi connectivity index (χ1v) is 12.3. The second-order valence-corrected chi connectivity index (χ2v) is 11.6. The minimum Gasteiger partial charge on any atom is -0.497 e. The van der Waals surface area contributed by atoms with Crippen LogP contribution in [0.2, 0.25) is 0 Å². The highest BCUT2D eigenvalue weighted by atomic mass is 16.5. The van der Waals surface area contributed by atoms with Crippen molar-refractivity contribution in [1.29, 1.82) is 0 Å². The van der Waals surface area contributed by atoms with Crippen LogP contribution in [0, 0.1) is 22.7 Å². The molecule has 1 aromatic rings. The summed E-state index contributed by atoms with van der Waals surface area (Å²) in [6.45, 7) is 9.02. The molecule has 2 amide bonds. The minimum absolute atomic E-state index is 0.130. The Morgan fingerprint density at radius 3 is 2.53 bits per heavy atom. The minimum atomic E-state index is -0.631. The fraction of sp³-hybridized carbons (Fsp3) is 0.667. The van der Waals surface area contributed by atoms with Gasteiger partial charge in [-0.15, -0.1) is 0 Å². The van der Waals surface area contributed by atoms with Crippen LogP contribution in [0.5, 0.6) is 5.75 Å². The molecule has 4 saturated carbocycles. The van der Waals surface area contributed by atoms with Crippen LogP contribution in [0.4, 0.5) is 10.5 Å². The summed E-state index contributed by atoms with van der Waals surface area (Å²) in [6, 6.07) is 7.32. The molecule has 5 nitrogen and oxygen atoms in total. The van der Waals surface area contributed by atoms with Crippen LogP contribution >= 0.6 is 0 Å². The highest BCUT2D eigenvalue weighted by Crippen LogP contribution is 2.71. The lowest BCUT2D eigenvalue weighted by atomic mass is 9.42. The fourth-order valence-electron chi connectivity index (χ4n) is 8.60. The quantitative estimate of drug-likeness (QED) is 0.534. The van der Waals surface area contributed by atoms with Gasteiger partial charge in [0.05, 0.1) is 12.7 Å². The Morgan fingerprint density at radius 1 is 1.09 bits per heavy atom. The molecule has 3 N–H and O–H groups in total. The molecule has 5 rings (SSSR count). The second-order valence-electron chi connectivity index (χ2n) is 11.6. The smallest absolute Gasteiger partial charge is 0.319 e. The zero-order valence-electron chi connectivity index (χ0n) is 19.8. The summed E-state index contributed by atoms with van der Waals surface area (Å²) >= 11 is 0. The molecule has 0 aromatic heterocycles. The number of anilines is 1. The second kappa shape index (κ2) is 7.24. The zero-order valence-corrected chi connectivity index (χ0v) is 19.8. The maximum atomic E-state index is 13.0. The molecular formula is C27H38N2O3. The number of fused-ring (bicyclic) bond motifs is 3. The van der Waals surface area contributed by atoms with Gasteiger partial charge >= 0.3 is 6.03 Å². The largest absolute Gasteiger partial charge is 0.497 e. The van der Waals surface area contributed by atoms with Crippen molar-refractivity contribution in [3.05, 3.63) is 36.4 Å². The Labute approximate surface area is 192 Å². The molecule has 4 fully saturated rings. The van der Waals surface area contributed by atoms with Crippen molar-refractivity contribution in [3.63, 3.8) is 0 Å². The van der Waals surface area contributed by atoms with Gasteiger partial charge in [-0.3, -0.25) is 0 Å². The summed E-state index contributed by atoms with van der Waals surface area (Å²) in [5.74, 6) is 1.82. The Bertz CT molecular complexity index is 929. The van der Waals surface area contributed by atoms with Gasteiger partial charge in [0, 0.05) is 11.2 Å². The summed E-state index contributed by atoms with van der Waals surface area (Å²) in [7, 11) is 1.64. The maximum Gasteiger partial charge on any atom is 0.319 e. The van der Waals surface area contributed by atoms with E-state index in [2.05, 4.69) is 31.1 Å². The van der Waals surface area contributed by atoms with Crippen molar-refractivity contribution in [2.45, 2.75) is 82.8 Å². The van der Waals surface area contributed by atoms with Crippen molar-refractivity contribution in [2.24, 2.45) is 22.7 Å². The molecular weight excluding hydrogens is 400 g/mol. The van der Waals surface area contributed by atoms with E-state index in [1.165, 1.54) is 6.42 Å². The van der Waals surface area contributed by atoms with E-state index in [0.29, 0.717) is 11.8 Å². The van der Waals surface area contributed by atoms with Crippen LogP contribution in [-0.4, -0.2) is 29.4 Å². The van der Waals surface area contributed by atoms with Crippen LogP contribution < -0.4 is 15.4 Å². The normalized spacial score (nSPS) is 42.6. The van der Waals surface area contributed by atoms with Gasteiger partial charge in [-0.1, -0.05) is 19.9 Å². The lowest BCUT2D eigenvalue weighted by molar-refractivity contribution is -0.148. The highest BCUT2D eigenvalue weighted by molar-refractivity contribution is 5.89. The van der Waals surface area contributed by atoms with Gasteiger partial charge in [0.1, 0.15) is 5.75 Å². The standard InChI is InChI=1S/C27H38N2O3/c1-18-16-26-14-10-21-24(2,22(26)11-15-27(18,31)17-26)12-5-13-25(21,3)29-23(30)28-19-6-8-20(32-4)9-7-19/h6-9,21-22,31H,1,5,10-17H2,2-4H3,(H2,28,29,30)/t21-,22-,24+,25+,26+,27-/m0/s1. The molecule has 5 heteroatoms. The maximum absolute atomic E-state index is 13.0. The molecule has 4 aliphatic rings. The van der Waals surface area contributed by atoms with Gasteiger partial charge in [0.2, 0.25) is 0 Å². The summed E-state index contributed by atoms with van der Waals surface area (Å²) in [5, 5.41) is 17.5. The van der Waals surface area contributed by atoms with Gasteiger partial charge in [-0.25, -0.2) is 4.79 Å². The third-order valence-corrected chi connectivity index (χ3v) is 9.90. The van der Waals surface area contributed by atoms with E-state index < -0.39 is 5.60 Å². The summed E-state index contributed by atoms with van der Waals surface area (Å²) in [6.07, 6.45) is 9.41. The number of methoxy groups -OCH3 is 1. The first-order valence-electron chi connectivity index (χ1n) is 12.3. The molecule has 4 aliphatic carbocycles. The number of rotatable bonds is 3. The summed E-state index contributed by atoms with van der Waals surface area (Å²) in [5.41, 5.74) is 1.37. The number of hydrogen-bond acceptors (Lipinski definition) is 3. The molecule has 0 radical (unpaired) electrons. The SMILES string of the molecule is C=C1C[C@@]23CC[C@H]4[C@@](C)(CCC[C@@]4(C)NC(=O)Nc4ccc(OC)cc4)[C@@H]2CC[C@]1(O)C3. The van der Waals surface area contributed by atoms with E-state index in [9.17, 15) is 9.90 Å². The molecule has 0 saturated heterocycles. The Morgan fingerprint density at radius 2 is 1.81 bits per heavy atom. The third kappa shape index (κ3) is 3.19. The fourth-order valence-corrected chi connectivity index (χ4v) is 8.60. The topological polar surface area (TPSA) is 70.6 Å². The summed E-state index contributed by atoms with van der Waals surface area (Å²) in [4.78, 5) is 13.0. The van der Waals surface area contributed by atoms with Gasteiger partial charge in [0.25, 0.3) is 0 Å². The van der Waals surface area contributed by atoms with Crippen molar-refractivity contribution in [1.82, 2.24) is 5.32 Å².